The molecular weight excluding hydrogens is 312 g/mol. The predicted molar refractivity (Wildman–Crippen MR) is 87.5 cm³/mol. The van der Waals surface area contributed by atoms with E-state index >= 15 is 0 Å². The van der Waals surface area contributed by atoms with Gasteiger partial charge in [-0.2, -0.15) is 0 Å². The quantitative estimate of drug-likeness (QED) is 0.644. The fourth-order valence-electron chi connectivity index (χ4n) is 2.46. The van der Waals surface area contributed by atoms with E-state index in [0.29, 0.717) is 39.1 Å². The van der Waals surface area contributed by atoms with Gasteiger partial charge in [0.1, 0.15) is 12.4 Å². The maximum absolute atomic E-state index is 12.0. The molecule has 1 aliphatic heterocycles. The molecule has 7 nitrogen and oxygen atoms in total. The molecule has 0 spiro atoms. The summed E-state index contributed by atoms with van der Waals surface area (Å²) in [7, 11) is 0. The third kappa shape index (κ3) is 6.55. The summed E-state index contributed by atoms with van der Waals surface area (Å²) >= 11 is 0. The Morgan fingerprint density at radius 2 is 2.08 bits per heavy atom. The number of ether oxygens (including phenoxy) is 3. The van der Waals surface area contributed by atoms with Crippen molar-refractivity contribution in [2.75, 3.05) is 26.4 Å². The summed E-state index contributed by atoms with van der Waals surface area (Å²) in [5.74, 6) is 0.179. The second-order valence-corrected chi connectivity index (χ2v) is 5.62. The highest BCUT2D eigenvalue weighted by Gasteiger charge is 2.28. The lowest BCUT2D eigenvalue weighted by Crippen LogP contribution is -2.51. The Morgan fingerprint density at radius 1 is 1.29 bits per heavy atom. The number of hydrogen-bond donors (Lipinski definition) is 2. The number of primary amides is 1. The van der Waals surface area contributed by atoms with Gasteiger partial charge in [0.15, 0.2) is 0 Å². The van der Waals surface area contributed by atoms with Crippen molar-refractivity contribution in [2.24, 2.45) is 5.73 Å². The molecule has 0 radical (unpaired) electrons. The van der Waals surface area contributed by atoms with Crippen LogP contribution in [0.15, 0.2) is 30.3 Å². The number of carbonyl (C=O) groups is 2. The molecule has 2 rings (SSSR count). The predicted octanol–water partition coefficient (Wildman–Crippen LogP) is 0.621. The van der Waals surface area contributed by atoms with Crippen LogP contribution in [-0.2, 0) is 19.1 Å². The minimum Gasteiger partial charge on any atom is -0.494 e. The summed E-state index contributed by atoms with van der Waals surface area (Å²) in [5, 5.41) is 2.89. The van der Waals surface area contributed by atoms with Gasteiger partial charge in [0, 0.05) is 13.0 Å². The molecule has 0 aliphatic carbocycles. The number of amides is 2. The molecule has 7 heteroatoms. The molecule has 1 saturated heterocycles. The third-order valence-electron chi connectivity index (χ3n) is 3.64. The van der Waals surface area contributed by atoms with E-state index in [9.17, 15) is 9.59 Å². The first-order valence-electron chi connectivity index (χ1n) is 8.10. The van der Waals surface area contributed by atoms with Crippen molar-refractivity contribution >= 4 is 11.8 Å². The van der Waals surface area contributed by atoms with Gasteiger partial charge in [-0.1, -0.05) is 18.2 Å². The molecule has 1 aromatic carbocycles. The van der Waals surface area contributed by atoms with Crippen LogP contribution in [0.4, 0.5) is 0 Å². The standard InChI is InChI=1S/C17H24N2O5/c18-16(20)12-24-15-8-10-22-11-14(15)19-17(21)7-4-9-23-13-5-2-1-3-6-13/h1-3,5-6,14-15H,4,7-12H2,(H2,18,20)(H,19,21)/t14-,15+/m0/s1. The number of carbonyl (C=O) groups excluding carboxylic acids is 2. The van der Waals surface area contributed by atoms with Gasteiger partial charge in [0.2, 0.25) is 11.8 Å². The van der Waals surface area contributed by atoms with Crippen molar-refractivity contribution < 1.29 is 23.8 Å². The number of hydrogen-bond acceptors (Lipinski definition) is 5. The average Bonchev–Trinajstić information content (AvgIpc) is 2.59. The third-order valence-corrected chi connectivity index (χ3v) is 3.64. The Labute approximate surface area is 141 Å². The van der Waals surface area contributed by atoms with Gasteiger partial charge in [0.25, 0.3) is 0 Å². The first-order valence-corrected chi connectivity index (χ1v) is 8.10. The molecule has 0 unspecified atom stereocenters. The van der Waals surface area contributed by atoms with Crippen molar-refractivity contribution in [3.8, 4) is 5.75 Å². The summed E-state index contributed by atoms with van der Waals surface area (Å²) in [6.45, 7) is 1.23. The van der Waals surface area contributed by atoms with Crippen LogP contribution in [0, 0.1) is 0 Å². The average molecular weight is 336 g/mol. The van der Waals surface area contributed by atoms with E-state index in [2.05, 4.69) is 5.32 Å². The molecule has 3 N–H and O–H groups in total. The Kier molecular flexibility index (Phi) is 7.51. The summed E-state index contributed by atoms with van der Waals surface area (Å²) in [4.78, 5) is 22.9. The summed E-state index contributed by atoms with van der Waals surface area (Å²) in [6, 6.07) is 9.21. The SMILES string of the molecule is NC(=O)CO[C@@H]1CCOC[C@@H]1NC(=O)CCCOc1ccccc1. The largest absolute Gasteiger partial charge is 0.494 e. The van der Waals surface area contributed by atoms with Crippen LogP contribution < -0.4 is 15.8 Å². The Hall–Kier alpha value is -2.12. The van der Waals surface area contributed by atoms with Gasteiger partial charge in [-0.15, -0.1) is 0 Å². The molecule has 2 amide bonds. The zero-order chi connectivity index (χ0) is 17.2. The minimum absolute atomic E-state index is 0.0881. The molecule has 0 saturated carbocycles. The van der Waals surface area contributed by atoms with Crippen molar-refractivity contribution in [3.05, 3.63) is 30.3 Å². The highest BCUT2D eigenvalue weighted by molar-refractivity contribution is 5.76. The number of para-hydroxylation sites is 1. The van der Waals surface area contributed by atoms with E-state index in [1.165, 1.54) is 0 Å². The number of benzene rings is 1. The molecule has 1 fully saturated rings. The van der Waals surface area contributed by atoms with E-state index in [0.717, 1.165) is 5.75 Å². The molecule has 1 aromatic rings. The van der Waals surface area contributed by atoms with Crippen molar-refractivity contribution in [2.45, 2.75) is 31.4 Å². The first kappa shape index (κ1) is 18.2. The fraction of sp³-hybridized carbons (Fsp3) is 0.529. The van der Waals surface area contributed by atoms with E-state index < -0.39 is 5.91 Å². The van der Waals surface area contributed by atoms with Crippen LogP contribution in [0.2, 0.25) is 0 Å². The van der Waals surface area contributed by atoms with Crippen LogP contribution in [-0.4, -0.2) is 50.4 Å². The normalized spacial score (nSPS) is 20.3. The molecule has 1 heterocycles. The summed E-state index contributed by atoms with van der Waals surface area (Å²) < 4.78 is 16.4. The zero-order valence-corrected chi connectivity index (χ0v) is 13.6. The lowest BCUT2D eigenvalue weighted by atomic mass is 10.1. The lowest BCUT2D eigenvalue weighted by molar-refractivity contribution is -0.131. The van der Waals surface area contributed by atoms with Crippen LogP contribution in [0.1, 0.15) is 19.3 Å². The van der Waals surface area contributed by atoms with Crippen LogP contribution >= 0.6 is 0 Å². The molecule has 0 aromatic heterocycles. The molecule has 1 aliphatic rings. The molecule has 2 atom stereocenters. The van der Waals surface area contributed by atoms with Crippen LogP contribution in [0.5, 0.6) is 5.75 Å². The second-order valence-electron chi connectivity index (χ2n) is 5.62. The molecule has 132 valence electrons. The van der Waals surface area contributed by atoms with Gasteiger partial charge in [-0.3, -0.25) is 9.59 Å². The number of nitrogens with one attached hydrogen (secondary N) is 1. The Balaban J connectivity index is 1.67. The van der Waals surface area contributed by atoms with Gasteiger partial charge in [0.05, 0.1) is 25.4 Å². The molecular formula is C17H24N2O5. The smallest absolute Gasteiger partial charge is 0.243 e. The molecule has 0 bridgehead atoms. The van der Waals surface area contributed by atoms with Gasteiger partial charge >= 0.3 is 0 Å². The van der Waals surface area contributed by atoms with E-state index in [4.69, 9.17) is 19.9 Å². The van der Waals surface area contributed by atoms with E-state index in [-0.39, 0.29) is 24.7 Å². The van der Waals surface area contributed by atoms with E-state index in [1.54, 1.807) is 0 Å². The highest BCUT2D eigenvalue weighted by Crippen LogP contribution is 2.13. The maximum atomic E-state index is 12.0. The Bertz CT molecular complexity index is 523. The van der Waals surface area contributed by atoms with Gasteiger partial charge in [-0.25, -0.2) is 0 Å². The van der Waals surface area contributed by atoms with Crippen molar-refractivity contribution in [1.82, 2.24) is 5.32 Å². The van der Waals surface area contributed by atoms with Crippen molar-refractivity contribution in [1.29, 1.82) is 0 Å². The van der Waals surface area contributed by atoms with Gasteiger partial charge in [-0.05, 0) is 25.0 Å². The van der Waals surface area contributed by atoms with E-state index in [1.807, 2.05) is 30.3 Å². The fourth-order valence-corrected chi connectivity index (χ4v) is 2.46. The van der Waals surface area contributed by atoms with Crippen LogP contribution in [0.3, 0.4) is 0 Å². The number of nitrogens with two attached hydrogens (primary N) is 1. The maximum Gasteiger partial charge on any atom is 0.243 e. The minimum atomic E-state index is -0.523. The van der Waals surface area contributed by atoms with Gasteiger partial charge < -0.3 is 25.3 Å². The Morgan fingerprint density at radius 3 is 2.83 bits per heavy atom. The lowest BCUT2D eigenvalue weighted by Gasteiger charge is -2.31. The zero-order valence-electron chi connectivity index (χ0n) is 13.6. The monoisotopic (exact) mass is 336 g/mol. The first-order chi connectivity index (χ1) is 11.6. The topological polar surface area (TPSA) is 99.9 Å². The highest BCUT2D eigenvalue weighted by atomic mass is 16.5. The van der Waals surface area contributed by atoms with Crippen molar-refractivity contribution in [3.63, 3.8) is 0 Å². The summed E-state index contributed by atoms with van der Waals surface area (Å²) in [6.07, 6.45) is 1.33. The number of rotatable bonds is 9. The second kappa shape index (κ2) is 9.89. The van der Waals surface area contributed by atoms with Crippen LogP contribution in [0.25, 0.3) is 0 Å². The molecule has 24 heavy (non-hydrogen) atoms. The summed E-state index contributed by atoms with van der Waals surface area (Å²) in [5.41, 5.74) is 5.09.